The first-order valence-corrected chi connectivity index (χ1v) is 8.89. The van der Waals surface area contributed by atoms with Gasteiger partial charge in [-0.1, -0.05) is 6.07 Å². The van der Waals surface area contributed by atoms with E-state index in [1.54, 1.807) is 18.5 Å². The SMILES string of the molecule is CCNC(=NCCCn1cccn1)NCCC(=O)Nc1ccc(C)cn1. The maximum Gasteiger partial charge on any atom is 0.227 e. The first-order chi connectivity index (χ1) is 12.7. The quantitative estimate of drug-likeness (QED) is 0.360. The van der Waals surface area contributed by atoms with E-state index in [1.807, 2.05) is 36.9 Å². The van der Waals surface area contributed by atoms with Crippen LogP contribution in [0.25, 0.3) is 0 Å². The fourth-order valence-electron chi connectivity index (χ4n) is 2.24. The Balaban J connectivity index is 1.68. The molecule has 2 aromatic heterocycles. The van der Waals surface area contributed by atoms with Crippen molar-refractivity contribution in [1.82, 2.24) is 25.4 Å². The molecule has 3 N–H and O–H groups in total. The molecule has 0 atom stereocenters. The first kappa shape index (κ1) is 19.4. The topological polar surface area (TPSA) is 96.2 Å². The number of aryl methyl sites for hydroxylation is 2. The highest BCUT2D eigenvalue weighted by atomic mass is 16.1. The van der Waals surface area contributed by atoms with Gasteiger partial charge in [0.05, 0.1) is 0 Å². The van der Waals surface area contributed by atoms with Gasteiger partial charge in [-0.05, 0) is 38.0 Å². The van der Waals surface area contributed by atoms with Gasteiger partial charge in [0, 0.05) is 51.2 Å². The number of nitrogens with zero attached hydrogens (tertiary/aromatic N) is 4. The molecular weight excluding hydrogens is 330 g/mol. The Hall–Kier alpha value is -2.90. The van der Waals surface area contributed by atoms with Crippen LogP contribution in [-0.2, 0) is 11.3 Å². The van der Waals surface area contributed by atoms with Crippen LogP contribution in [0.3, 0.4) is 0 Å². The van der Waals surface area contributed by atoms with E-state index in [9.17, 15) is 4.79 Å². The lowest BCUT2D eigenvalue weighted by Crippen LogP contribution is -2.38. The minimum atomic E-state index is -0.0802. The van der Waals surface area contributed by atoms with Crippen molar-refractivity contribution in [2.45, 2.75) is 33.2 Å². The van der Waals surface area contributed by atoms with E-state index in [-0.39, 0.29) is 5.91 Å². The molecule has 8 heteroatoms. The highest BCUT2D eigenvalue weighted by Gasteiger charge is 2.04. The number of pyridine rings is 1. The van der Waals surface area contributed by atoms with E-state index in [1.165, 1.54) is 0 Å². The molecule has 140 valence electrons. The standard InChI is InChI=1S/C18H27N7O/c1-3-19-18(20-9-4-12-25-13-5-10-23-25)21-11-8-17(26)24-16-7-6-15(2)14-22-16/h5-7,10,13-14H,3-4,8-9,11-12H2,1-2H3,(H2,19,20,21)(H,22,24,26). The van der Waals surface area contributed by atoms with Crippen LogP contribution >= 0.6 is 0 Å². The zero-order valence-corrected chi connectivity index (χ0v) is 15.4. The number of guanidine groups is 1. The van der Waals surface area contributed by atoms with Crippen LogP contribution in [-0.4, -0.2) is 46.3 Å². The highest BCUT2D eigenvalue weighted by molar-refractivity contribution is 5.90. The van der Waals surface area contributed by atoms with Crippen LogP contribution < -0.4 is 16.0 Å². The smallest absolute Gasteiger partial charge is 0.227 e. The molecule has 1 amide bonds. The van der Waals surface area contributed by atoms with Crippen molar-refractivity contribution < 1.29 is 4.79 Å². The molecule has 2 rings (SSSR count). The first-order valence-electron chi connectivity index (χ1n) is 8.89. The fraction of sp³-hybridized carbons (Fsp3) is 0.444. The lowest BCUT2D eigenvalue weighted by Gasteiger charge is -2.11. The summed E-state index contributed by atoms with van der Waals surface area (Å²) in [5.41, 5.74) is 1.06. The molecule has 0 aliphatic rings. The zero-order valence-electron chi connectivity index (χ0n) is 15.4. The molecule has 0 fully saturated rings. The number of carbonyl (C=O) groups excluding carboxylic acids is 1. The Kier molecular flexibility index (Phi) is 8.11. The predicted molar refractivity (Wildman–Crippen MR) is 103 cm³/mol. The zero-order chi connectivity index (χ0) is 18.6. The summed E-state index contributed by atoms with van der Waals surface area (Å²) in [7, 11) is 0. The predicted octanol–water partition coefficient (Wildman–Crippen LogP) is 1.56. The third kappa shape index (κ3) is 7.33. The number of anilines is 1. The van der Waals surface area contributed by atoms with Crippen molar-refractivity contribution in [1.29, 1.82) is 0 Å². The third-order valence-corrected chi connectivity index (χ3v) is 3.54. The summed E-state index contributed by atoms with van der Waals surface area (Å²) in [6, 6.07) is 5.62. The van der Waals surface area contributed by atoms with Gasteiger partial charge in [-0.3, -0.25) is 14.5 Å². The molecular formula is C18H27N7O. The van der Waals surface area contributed by atoms with Crippen molar-refractivity contribution in [2.24, 2.45) is 4.99 Å². The highest BCUT2D eigenvalue weighted by Crippen LogP contribution is 2.03. The molecule has 0 aliphatic heterocycles. The van der Waals surface area contributed by atoms with Crippen molar-refractivity contribution in [2.75, 3.05) is 25.0 Å². The summed E-state index contributed by atoms with van der Waals surface area (Å²) in [4.78, 5) is 20.6. The Morgan fingerprint density at radius 3 is 2.88 bits per heavy atom. The van der Waals surface area contributed by atoms with E-state index in [0.29, 0.717) is 31.3 Å². The fourth-order valence-corrected chi connectivity index (χ4v) is 2.24. The van der Waals surface area contributed by atoms with Gasteiger partial charge in [-0.15, -0.1) is 0 Å². The summed E-state index contributed by atoms with van der Waals surface area (Å²) in [6.07, 6.45) is 6.68. The van der Waals surface area contributed by atoms with Gasteiger partial charge in [-0.2, -0.15) is 5.10 Å². The molecule has 0 spiro atoms. The molecule has 0 aromatic carbocycles. The van der Waals surface area contributed by atoms with Crippen molar-refractivity contribution >= 4 is 17.7 Å². The minimum Gasteiger partial charge on any atom is -0.357 e. The summed E-state index contributed by atoms with van der Waals surface area (Å²) >= 11 is 0. The van der Waals surface area contributed by atoms with Crippen LogP contribution in [0.15, 0.2) is 41.8 Å². The molecule has 2 heterocycles. The van der Waals surface area contributed by atoms with E-state index < -0.39 is 0 Å². The largest absolute Gasteiger partial charge is 0.357 e. The van der Waals surface area contributed by atoms with Crippen LogP contribution in [0.2, 0.25) is 0 Å². The second-order valence-corrected chi connectivity index (χ2v) is 5.83. The van der Waals surface area contributed by atoms with Crippen LogP contribution in [0, 0.1) is 6.92 Å². The number of aromatic nitrogens is 3. The number of aliphatic imine (C=N–C) groups is 1. The molecule has 0 unspecified atom stereocenters. The lowest BCUT2D eigenvalue weighted by atomic mass is 10.3. The van der Waals surface area contributed by atoms with E-state index in [2.05, 4.69) is 31.0 Å². The van der Waals surface area contributed by atoms with Gasteiger partial charge < -0.3 is 16.0 Å². The third-order valence-electron chi connectivity index (χ3n) is 3.54. The number of carbonyl (C=O) groups is 1. The number of amides is 1. The van der Waals surface area contributed by atoms with E-state index in [4.69, 9.17) is 0 Å². The van der Waals surface area contributed by atoms with Gasteiger partial charge in [0.25, 0.3) is 0 Å². The van der Waals surface area contributed by atoms with Crippen molar-refractivity contribution in [3.05, 3.63) is 42.4 Å². The number of nitrogens with one attached hydrogen (secondary N) is 3. The molecule has 0 saturated heterocycles. The molecule has 26 heavy (non-hydrogen) atoms. The summed E-state index contributed by atoms with van der Waals surface area (Å²) in [5.74, 6) is 1.21. The summed E-state index contributed by atoms with van der Waals surface area (Å²) < 4.78 is 1.89. The Bertz CT molecular complexity index is 680. The molecule has 2 aromatic rings. The number of hydrogen-bond donors (Lipinski definition) is 3. The average molecular weight is 357 g/mol. The summed E-state index contributed by atoms with van der Waals surface area (Å²) in [6.45, 7) is 6.76. The van der Waals surface area contributed by atoms with Crippen LogP contribution in [0.4, 0.5) is 5.82 Å². The second-order valence-electron chi connectivity index (χ2n) is 5.83. The van der Waals surface area contributed by atoms with Crippen molar-refractivity contribution in [3.8, 4) is 0 Å². The second kappa shape index (κ2) is 10.9. The Morgan fingerprint density at radius 2 is 2.19 bits per heavy atom. The molecule has 0 aliphatic carbocycles. The average Bonchev–Trinajstić information content (AvgIpc) is 3.14. The van der Waals surface area contributed by atoms with E-state index in [0.717, 1.165) is 25.1 Å². The van der Waals surface area contributed by atoms with Crippen LogP contribution in [0.5, 0.6) is 0 Å². The molecule has 8 nitrogen and oxygen atoms in total. The minimum absolute atomic E-state index is 0.0802. The Labute approximate surface area is 154 Å². The van der Waals surface area contributed by atoms with Crippen molar-refractivity contribution in [3.63, 3.8) is 0 Å². The van der Waals surface area contributed by atoms with Gasteiger partial charge in [0.15, 0.2) is 5.96 Å². The van der Waals surface area contributed by atoms with Gasteiger partial charge >= 0.3 is 0 Å². The molecule has 0 radical (unpaired) electrons. The monoisotopic (exact) mass is 357 g/mol. The maximum absolute atomic E-state index is 12.0. The molecule has 0 saturated carbocycles. The van der Waals surface area contributed by atoms with Gasteiger partial charge in [0.2, 0.25) is 5.91 Å². The van der Waals surface area contributed by atoms with E-state index >= 15 is 0 Å². The number of hydrogen-bond acceptors (Lipinski definition) is 4. The molecule has 0 bridgehead atoms. The number of rotatable bonds is 9. The van der Waals surface area contributed by atoms with Gasteiger partial charge in [0.1, 0.15) is 5.82 Å². The Morgan fingerprint density at radius 1 is 1.31 bits per heavy atom. The van der Waals surface area contributed by atoms with Gasteiger partial charge in [-0.25, -0.2) is 4.98 Å². The lowest BCUT2D eigenvalue weighted by molar-refractivity contribution is -0.116. The van der Waals surface area contributed by atoms with Crippen LogP contribution in [0.1, 0.15) is 25.3 Å². The summed E-state index contributed by atoms with van der Waals surface area (Å²) in [5, 5.41) is 13.3. The normalized spacial score (nSPS) is 11.2. The maximum atomic E-state index is 12.0.